The zero-order valence-electron chi connectivity index (χ0n) is 31.9. The van der Waals surface area contributed by atoms with Crippen LogP contribution >= 0.6 is 23.2 Å². The zero-order chi connectivity index (χ0) is 38.3. The van der Waals surface area contributed by atoms with Gasteiger partial charge in [0.05, 0.1) is 50.5 Å². The van der Waals surface area contributed by atoms with Crippen molar-refractivity contribution in [1.29, 1.82) is 0 Å². The molecule has 2 fully saturated rings. The van der Waals surface area contributed by atoms with Gasteiger partial charge in [-0.3, -0.25) is 14.2 Å². The van der Waals surface area contributed by atoms with Gasteiger partial charge in [0.15, 0.2) is 0 Å². The molecule has 0 unspecified atom stereocenters. The number of hydrogen-bond acceptors (Lipinski definition) is 7. The first kappa shape index (κ1) is 39.6. The molecular formula is C42H52Cl2F2N6O3. The SMILES string of the molecule is CCC1CCN(Cc2nc3cc(Cl)cc4c3n2CCO4)CC1.CCF.Fc1ccc(OCCC2CCN(Cc3nc4cc(Cl)cc5c4n3CCO5)CC2)cc1. The number of halogens is 4. The fourth-order valence-electron chi connectivity index (χ4n) is 8.19. The molecule has 2 saturated heterocycles. The fraction of sp³-hybridized carbons (Fsp3) is 0.524. The fourth-order valence-corrected chi connectivity index (χ4v) is 8.59. The zero-order valence-corrected chi connectivity index (χ0v) is 33.4. The first-order valence-corrected chi connectivity index (χ1v) is 20.6. The van der Waals surface area contributed by atoms with Gasteiger partial charge in [-0.1, -0.05) is 36.5 Å². The number of ether oxygens (including phenoxy) is 3. The molecule has 9 nitrogen and oxygen atoms in total. The number of piperidine rings is 2. The monoisotopic (exact) mass is 796 g/mol. The maximum absolute atomic E-state index is 13.0. The Kier molecular flexibility index (Phi) is 13.3. The van der Waals surface area contributed by atoms with E-state index in [4.69, 9.17) is 47.4 Å². The number of nitrogens with zero attached hydrogens (tertiary/aromatic N) is 6. The Morgan fingerprint density at radius 1 is 0.709 bits per heavy atom. The van der Waals surface area contributed by atoms with Crippen LogP contribution < -0.4 is 14.2 Å². The summed E-state index contributed by atoms with van der Waals surface area (Å²) in [5.41, 5.74) is 4.04. The van der Waals surface area contributed by atoms with Gasteiger partial charge in [0.2, 0.25) is 0 Å². The van der Waals surface area contributed by atoms with E-state index in [9.17, 15) is 8.78 Å². The average Bonchev–Trinajstić information content (AvgIpc) is 3.72. The maximum Gasteiger partial charge on any atom is 0.146 e. The minimum Gasteiger partial charge on any atom is -0.494 e. The van der Waals surface area contributed by atoms with Crippen LogP contribution in [0.2, 0.25) is 10.0 Å². The van der Waals surface area contributed by atoms with Gasteiger partial charge in [-0.2, -0.15) is 0 Å². The van der Waals surface area contributed by atoms with Crippen LogP contribution in [-0.2, 0) is 26.2 Å². The van der Waals surface area contributed by atoms with Crippen LogP contribution in [0.5, 0.6) is 17.2 Å². The molecule has 0 amide bonds. The predicted octanol–water partition coefficient (Wildman–Crippen LogP) is 9.58. The Hall–Kier alpha value is -3.64. The molecule has 0 bridgehead atoms. The topological polar surface area (TPSA) is 69.8 Å². The van der Waals surface area contributed by atoms with E-state index in [-0.39, 0.29) is 12.5 Å². The summed E-state index contributed by atoms with van der Waals surface area (Å²) in [5, 5.41) is 1.36. The van der Waals surface area contributed by atoms with Crippen molar-refractivity contribution < 1.29 is 23.0 Å². The van der Waals surface area contributed by atoms with E-state index in [1.165, 1.54) is 51.4 Å². The van der Waals surface area contributed by atoms with Gasteiger partial charge in [-0.15, -0.1) is 0 Å². The lowest BCUT2D eigenvalue weighted by Crippen LogP contribution is -2.34. The number of rotatable bonds is 9. The molecule has 3 aromatic carbocycles. The van der Waals surface area contributed by atoms with Crippen molar-refractivity contribution in [2.45, 2.75) is 78.6 Å². The second-order valence-corrected chi connectivity index (χ2v) is 15.7. The summed E-state index contributed by atoms with van der Waals surface area (Å²) in [6, 6.07) is 13.9. The summed E-state index contributed by atoms with van der Waals surface area (Å²) in [6.45, 7) is 13.5. The molecule has 0 saturated carbocycles. The highest BCUT2D eigenvalue weighted by atomic mass is 35.5. The van der Waals surface area contributed by atoms with Crippen LogP contribution in [0.15, 0.2) is 48.5 Å². The van der Waals surface area contributed by atoms with E-state index in [1.54, 1.807) is 12.1 Å². The highest BCUT2D eigenvalue weighted by Crippen LogP contribution is 2.35. The van der Waals surface area contributed by atoms with Crippen molar-refractivity contribution in [2.75, 3.05) is 52.7 Å². The predicted molar refractivity (Wildman–Crippen MR) is 215 cm³/mol. The first-order valence-electron chi connectivity index (χ1n) is 19.8. The van der Waals surface area contributed by atoms with Crippen LogP contribution in [0, 0.1) is 17.7 Å². The third kappa shape index (κ3) is 9.67. The van der Waals surface area contributed by atoms with E-state index in [2.05, 4.69) is 25.9 Å². The number of likely N-dealkylation sites (tertiary alicyclic amines) is 2. The Morgan fingerprint density at radius 3 is 1.65 bits per heavy atom. The van der Waals surface area contributed by atoms with Gasteiger partial charge in [0.25, 0.3) is 0 Å². The highest BCUT2D eigenvalue weighted by Gasteiger charge is 2.26. The van der Waals surface area contributed by atoms with Crippen LogP contribution in [-0.4, -0.2) is 81.6 Å². The van der Waals surface area contributed by atoms with Crippen LogP contribution in [0.4, 0.5) is 8.78 Å². The van der Waals surface area contributed by atoms with Gasteiger partial charge in [-0.05, 0) is 113 Å². The van der Waals surface area contributed by atoms with Crippen LogP contribution in [0.25, 0.3) is 22.1 Å². The van der Waals surface area contributed by atoms with Crippen molar-refractivity contribution in [3.63, 3.8) is 0 Å². The summed E-state index contributed by atoms with van der Waals surface area (Å²) >= 11 is 12.4. The molecule has 0 radical (unpaired) electrons. The molecule has 0 spiro atoms. The van der Waals surface area contributed by atoms with Crippen molar-refractivity contribution in [3.8, 4) is 17.2 Å². The molecule has 13 heteroatoms. The molecular weight excluding hydrogens is 745 g/mol. The molecule has 0 N–H and O–H groups in total. The summed E-state index contributed by atoms with van der Waals surface area (Å²) in [5.74, 6) is 6.02. The van der Waals surface area contributed by atoms with E-state index in [0.717, 1.165) is 115 Å². The minimum absolute atomic E-state index is 0.235. The van der Waals surface area contributed by atoms with Crippen molar-refractivity contribution in [3.05, 3.63) is 76.0 Å². The largest absolute Gasteiger partial charge is 0.494 e. The molecule has 5 aromatic rings. The molecule has 0 atom stereocenters. The third-order valence-electron chi connectivity index (χ3n) is 11.2. The molecule has 2 aromatic heterocycles. The van der Waals surface area contributed by atoms with Crippen LogP contribution in [0.1, 0.15) is 64.0 Å². The lowest BCUT2D eigenvalue weighted by atomic mass is 9.94. The number of imidazole rings is 2. The van der Waals surface area contributed by atoms with Crippen molar-refractivity contribution in [1.82, 2.24) is 28.9 Å². The number of hydrogen-bond donors (Lipinski definition) is 0. The van der Waals surface area contributed by atoms with E-state index >= 15 is 0 Å². The molecule has 55 heavy (non-hydrogen) atoms. The highest BCUT2D eigenvalue weighted by molar-refractivity contribution is 6.31. The molecule has 296 valence electrons. The van der Waals surface area contributed by atoms with Crippen molar-refractivity contribution >= 4 is 45.3 Å². The lowest BCUT2D eigenvalue weighted by molar-refractivity contribution is 0.153. The molecule has 9 rings (SSSR count). The van der Waals surface area contributed by atoms with Crippen molar-refractivity contribution in [2.24, 2.45) is 11.8 Å². The Bertz CT molecular complexity index is 2020. The summed E-state index contributed by atoms with van der Waals surface area (Å²) in [4.78, 5) is 14.7. The Balaban J connectivity index is 0.000000164. The lowest BCUT2D eigenvalue weighted by Gasteiger charge is -2.32. The van der Waals surface area contributed by atoms with Crippen LogP contribution in [0.3, 0.4) is 0 Å². The normalized spacial score (nSPS) is 17.6. The van der Waals surface area contributed by atoms with Gasteiger partial charge < -0.3 is 23.3 Å². The van der Waals surface area contributed by atoms with Gasteiger partial charge in [-0.25, -0.2) is 14.4 Å². The Labute approximate surface area is 332 Å². The first-order chi connectivity index (χ1) is 26.8. The molecule has 0 aliphatic carbocycles. The summed E-state index contributed by atoms with van der Waals surface area (Å²) < 4.78 is 45.1. The number of aromatic nitrogens is 4. The van der Waals surface area contributed by atoms with Gasteiger partial charge in [0, 0.05) is 22.2 Å². The Morgan fingerprint density at radius 2 is 1.18 bits per heavy atom. The van der Waals surface area contributed by atoms with E-state index < -0.39 is 0 Å². The van der Waals surface area contributed by atoms with Gasteiger partial charge >= 0.3 is 0 Å². The maximum atomic E-state index is 13.0. The molecule has 4 aliphatic heterocycles. The second-order valence-electron chi connectivity index (χ2n) is 14.8. The molecule has 4 aliphatic rings. The standard InChI is InChI=1S/C23H25ClFN3O2.C17H22ClN3O.C2H5F/c24-17-13-20-23-21(14-17)30-12-10-28(23)22(26-20)15-27-8-5-16(6-9-27)7-11-29-19-3-1-18(25)2-4-19;1-2-12-3-5-20(6-4-12)11-16-19-14-9-13(18)10-15-17(14)21(16)7-8-22-15;1-2-3/h1-4,13-14,16H,5-12,15H2;9-10,12H,2-8,11H2,1H3;2H2,1H3. The van der Waals surface area contributed by atoms with E-state index in [1.807, 2.05) is 24.3 Å². The van der Waals surface area contributed by atoms with Gasteiger partial charge in [0.1, 0.15) is 59.0 Å². The summed E-state index contributed by atoms with van der Waals surface area (Å²) in [7, 11) is 0. The number of alkyl halides is 1. The average molecular weight is 798 g/mol. The number of benzene rings is 3. The minimum atomic E-state index is -0.250. The smallest absolute Gasteiger partial charge is 0.146 e. The molecule has 6 heterocycles. The third-order valence-corrected chi connectivity index (χ3v) is 11.6. The second kappa shape index (κ2) is 18.5. The summed E-state index contributed by atoms with van der Waals surface area (Å²) in [6.07, 6.45) is 7.29. The van der Waals surface area contributed by atoms with E-state index in [0.29, 0.717) is 35.8 Å². The quantitative estimate of drug-likeness (QED) is 0.147.